The summed E-state index contributed by atoms with van der Waals surface area (Å²) in [6, 6.07) is 10.9. The predicted octanol–water partition coefficient (Wildman–Crippen LogP) is 4.27. The summed E-state index contributed by atoms with van der Waals surface area (Å²) < 4.78 is 10.7. The van der Waals surface area contributed by atoms with E-state index < -0.39 is 0 Å². The molecule has 0 saturated carbocycles. The number of guanidine groups is 1. The Kier molecular flexibility index (Phi) is 12.8. The van der Waals surface area contributed by atoms with E-state index in [1.54, 1.807) is 12.1 Å². The van der Waals surface area contributed by atoms with Gasteiger partial charge in [-0.1, -0.05) is 26.0 Å². The maximum atomic E-state index is 12.0. The molecular formula is C22H33IN4O3. The molecule has 0 atom stereocenters. The minimum Gasteiger partial charge on any atom is -0.459 e. The lowest BCUT2D eigenvalue weighted by Crippen LogP contribution is -2.38. The van der Waals surface area contributed by atoms with Gasteiger partial charge in [0.1, 0.15) is 0 Å². The van der Waals surface area contributed by atoms with Gasteiger partial charge in [0.25, 0.3) is 5.91 Å². The van der Waals surface area contributed by atoms with Crippen LogP contribution in [0, 0.1) is 5.92 Å². The standard InChI is InChI=1S/C22H32N4O3.HI/c1-4-23-22(24-12-6-13-28-16-17(2)3)25-15-18-8-10-19(11-9-18)26-21(27)20-7-5-14-29-20;/h5,7-11,14,17H,4,6,12-13,15-16H2,1-3H3,(H,26,27)(H2,23,24,25);1H. The summed E-state index contributed by atoms with van der Waals surface area (Å²) in [5, 5.41) is 9.37. The first-order chi connectivity index (χ1) is 14.1. The van der Waals surface area contributed by atoms with Crippen LogP contribution in [0.5, 0.6) is 0 Å². The number of hydrogen-bond acceptors (Lipinski definition) is 4. The Labute approximate surface area is 196 Å². The zero-order valence-corrected chi connectivity index (χ0v) is 20.3. The van der Waals surface area contributed by atoms with Gasteiger partial charge in [0, 0.05) is 32.0 Å². The van der Waals surface area contributed by atoms with Crippen LogP contribution >= 0.6 is 24.0 Å². The Bertz CT molecular complexity index is 746. The van der Waals surface area contributed by atoms with E-state index in [4.69, 9.17) is 9.15 Å². The van der Waals surface area contributed by atoms with Crippen LogP contribution in [0.3, 0.4) is 0 Å². The molecule has 7 nitrogen and oxygen atoms in total. The predicted molar refractivity (Wildman–Crippen MR) is 132 cm³/mol. The fourth-order valence-corrected chi connectivity index (χ4v) is 2.51. The van der Waals surface area contributed by atoms with Gasteiger partial charge < -0.3 is 25.1 Å². The number of rotatable bonds is 11. The van der Waals surface area contributed by atoms with Crippen LogP contribution in [0.2, 0.25) is 0 Å². The SMILES string of the molecule is CCNC(=NCc1ccc(NC(=O)c2ccco2)cc1)NCCCOCC(C)C.I. The second kappa shape index (κ2) is 14.8. The van der Waals surface area contributed by atoms with Crippen LogP contribution in [-0.4, -0.2) is 38.2 Å². The molecule has 166 valence electrons. The molecule has 0 aliphatic carbocycles. The Morgan fingerprint density at radius 2 is 1.93 bits per heavy atom. The molecule has 1 heterocycles. The van der Waals surface area contributed by atoms with Crippen LogP contribution in [0.4, 0.5) is 5.69 Å². The van der Waals surface area contributed by atoms with Gasteiger partial charge >= 0.3 is 0 Å². The van der Waals surface area contributed by atoms with Crippen LogP contribution in [0.25, 0.3) is 0 Å². The fourth-order valence-electron chi connectivity index (χ4n) is 2.51. The summed E-state index contributed by atoms with van der Waals surface area (Å²) in [6.45, 7) is 10.0. The highest BCUT2D eigenvalue weighted by Gasteiger charge is 2.08. The van der Waals surface area contributed by atoms with Crippen molar-refractivity contribution in [3.8, 4) is 0 Å². The molecule has 1 aromatic heterocycles. The molecule has 0 fully saturated rings. The third kappa shape index (κ3) is 10.1. The van der Waals surface area contributed by atoms with Gasteiger partial charge in [-0.05, 0) is 49.1 Å². The van der Waals surface area contributed by atoms with Crippen molar-refractivity contribution in [1.82, 2.24) is 10.6 Å². The molecule has 0 radical (unpaired) electrons. The van der Waals surface area contributed by atoms with E-state index in [1.807, 2.05) is 31.2 Å². The summed E-state index contributed by atoms with van der Waals surface area (Å²) in [4.78, 5) is 16.6. The average molecular weight is 528 g/mol. The Balaban J connectivity index is 0.00000450. The van der Waals surface area contributed by atoms with E-state index in [9.17, 15) is 4.79 Å². The highest BCUT2D eigenvalue weighted by atomic mass is 127. The number of benzene rings is 1. The zero-order chi connectivity index (χ0) is 20.9. The lowest BCUT2D eigenvalue weighted by atomic mass is 10.2. The van der Waals surface area contributed by atoms with Crippen molar-refractivity contribution in [1.29, 1.82) is 0 Å². The van der Waals surface area contributed by atoms with Crippen LogP contribution in [-0.2, 0) is 11.3 Å². The number of furan rings is 1. The number of nitrogens with one attached hydrogen (secondary N) is 3. The largest absolute Gasteiger partial charge is 0.459 e. The van der Waals surface area contributed by atoms with E-state index in [-0.39, 0.29) is 35.6 Å². The number of carbonyl (C=O) groups is 1. The third-order valence-electron chi connectivity index (χ3n) is 3.93. The Morgan fingerprint density at radius 1 is 1.17 bits per heavy atom. The van der Waals surface area contributed by atoms with Crippen molar-refractivity contribution in [2.75, 3.05) is 31.6 Å². The van der Waals surface area contributed by atoms with Gasteiger partial charge in [0.05, 0.1) is 12.8 Å². The van der Waals surface area contributed by atoms with E-state index in [0.29, 0.717) is 18.2 Å². The molecule has 1 amide bonds. The maximum absolute atomic E-state index is 12.0. The van der Waals surface area contributed by atoms with Crippen molar-refractivity contribution in [3.05, 3.63) is 54.0 Å². The van der Waals surface area contributed by atoms with E-state index in [0.717, 1.165) is 44.2 Å². The molecule has 2 aromatic rings. The Hall–Kier alpha value is -2.07. The topological polar surface area (TPSA) is 87.9 Å². The molecule has 0 bridgehead atoms. The van der Waals surface area contributed by atoms with Crippen molar-refractivity contribution >= 4 is 41.5 Å². The molecule has 1 aromatic carbocycles. The first-order valence-corrected chi connectivity index (χ1v) is 10.1. The highest BCUT2D eigenvalue weighted by Crippen LogP contribution is 2.12. The zero-order valence-electron chi connectivity index (χ0n) is 17.9. The second-order valence-electron chi connectivity index (χ2n) is 7.07. The van der Waals surface area contributed by atoms with Gasteiger partial charge in [0.2, 0.25) is 0 Å². The highest BCUT2D eigenvalue weighted by molar-refractivity contribution is 14.0. The van der Waals surface area contributed by atoms with Crippen LogP contribution in [0.15, 0.2) is 52.1 Å². The molecule has 3 N–H and O–H groups in total. The lowest BCUT2D eigenvalue weighted by Gasteiger charge is -2.12. The number of anilines is 1. The monoisotopic (exact) mass is 528 g/mol. The van der Waals surface area contributed by atoms with E-state index in [1.165, 1.54) is 6.26 Å². The van der Waals surface area contributed by atoms with Gasteiger partial charge in [-0.3, -0.25) is 4.79 Å². The Morgan fingerprint density at radius 3 is 2.57 bits per heavy atom. The average Bonchev–Trinajstić information content (AvgIpc) is 3.24. The number of hydrogen-bond donors (Lipinski definition) is 3. The minimum absolute atomic E-state index is 0. The van der Waals surface area contributed by atoms with Gasteiger partial charge in [0.15, 0.2) is 11.7 Å². The van der Waals surface area contributed by atoms with Gasteiger partial charge in [-0.25, -0.2) is 4.99 Å². The summed E-state index contributed by atoms with van der Waals surface area (Å²) in [7, 11) is 0. The number of ether oxygens (including phenoxy) is 1. The summed E-state index contributed by atoms with van der Waals surface area (Å²) >= 11 is 0. The minimum atomic E-state index is -0.267. The van der Waals surface area contributed by atoms with Crippen LogP contribution < -0.4 is 16.0 Å². The second-order valence-corrected chi connectivity index (χ2v) is 7.07. The van der Waals surface area contributed by atoms with Crippen molar-refractivity contribution < 1.29 is 13.9 Å². The quantitative estimate of drug-likeness (QED) is 0.176. The number of halogens is 1. The molecule has 30 heavy (non-hydrogen) atoms. The molecule has 0 unspecified atom stereocenters. The first kappa shape index (κ1) is 26.0. The normalized spacial score (nSPS) is 11.1. The molecule has 0 spiro atoms. The van der Waals surface area contributed by atoms with E-state index in [2.05, 4.69) is 34.8 Å². The molecule has 2 rings (SSSR count). The lowest BCUT2D eigenvalue weighted by molar-refractivity contribution is 0.0996. The number of nitrogens with zero attached hydrogens (tertiary/aromatic N) is 1. The molecular weight excluding hydrogens is 495 g/mol. The first-order valence-electron chi connectivity index (χ1n) is 10.1. The molecule has 0 aliphatic rings. The summed E-state index contributed by atoms with van der Waals surface area (Å²) in [5.74, 6) is 1.37. The van der Waals surface area contributed by atoms with Crippen molar-refractivity contribution in [3.63, 3.8) is 0 Å². The maximum Gasteiger partial charge on any atom is 0.291 e. The smallest absolute Gasteiger partial charge is 0.291 e. The summed E-state index contributed by atoms with van der Waals surface area (Å²) in [6.07, 6.45) is 2.41. The fraction of sp³-hybridized carbons (Fsp3) is 0.455. The van der Waals surface area contributed by atoms with Crippen molar-refractivity contribution in [2.24, 2.45) is 10.9 Å². The molecule has 0 saturated heterocycles. The molecule has 8 heteroatoms. The number of aliphatic imine (C=N–C) groups is 1. The molecule has 0 aliphatic heterocycles. The van der Waals surface area contributed by atoms with E-state index >= 15 is 0 Å². The van der Waals surface area contributed by atoms with Crippen LogP contribution in [0.1, 0.15) is 43.3 Å². The van der Waals surface area contributed by atoms with Gasteiger partial charge in [-0.15, -0.1) is 24.0 Å². The summed E-state index contributed by atoms with van der Waals surface area (Å²) in [5.41, 5.74) is 1.77. The number of carbonyl (C=O) groups excluding carboxylic acids is 1. The number of amides is 1. The van der Waals surface area contributed by atoms with Crippen molar-refractivity contribution in [2.45, 2.75) is 33.7 Å². The third-order valence-corrected chi connectivity index (χ3v) is 3.93. The van der Waals surface area contributed by atoms with Gasteiger partial charge in [-0.2, -0.15) is 0 Å².